The third kappa shape index (κ3) is 3.60. The zero-order valence-electron chi connectivity index (χ0n) is 7.58. The number of carboxylic acids is 1. The van der Waals surface area contributed by atoms with Gasteiger partial charge in [0.1, 0.15) is 0 Å². The van der Waals surface area contributed by atoms with E-state index in [0.717, 1.165) is 11.7 Å². The van der Waals surface area contributed by atoms with Crippen LogP contribution in [-0.4, -0.2) is 43.5 Å². The van der Waals surface area contributed by atoms with Crippen molar-refractivity contribution in [3.63, 3.8) is 0 Å². The molecule has 0 saturated heterocycles. The largest absolute Gasteiger partial charge is 0.479 e. The highest BCUT2D eigenvalue weighted by atomic mass is 32.1. The Hall–Kier alpha value is -1.54. The van der Waals surface area contributed by atoms with Crippen LogP contribution in [0.4, 0.5) is 0 Å². The summed E-state index contributed by atoms with van der Waals surface area (Å²) in [5.74, 6) is -1.74. The summed E-state index contributed by atoms with van der Waals surface area (Å²) >= 11 is 0.908. The first-order valence-electron chi connectivity index (χ1n) is 4.08. The highest BCUT2D eigenvalue weighted by molar-refractivity contribution is 6.99. The normalized spacial score (nSPS) is 12.1. The van der Waals surface area contributed by atoms with E-state index >= 15 is 0 Å². The lowest BCUT2D eigenvalue weighted by Gasteiger charge is -2.05. The molecular formula is C7H9N3O4S. The average Bonchev–Trinajstić information content (AvgIpc) is 2.70. The second-order valence-electron chi connectivity index (χ2n) is 2.69. The summed E-state index contributed by atoms with van der Waals surface area (Å²) in [7, 11) is 0. The van der Waals surface area contributed by atoms with Gasteiger partial charge in [0.15, 0.2) is 11.8 Å². The Morgan fingerprint density at radius 3 is 2.87 bits per heavy atom. The molecule has 15 heavy (non-hydrogen) atoms. The number of aliphatic hydroxyl groups excluding tert-OH is 1. The number of aromatic nitrogens is 2. The average molecular weight is 231 g/mol. The van der Waals surface area contributed by atoms with E-state index in [2.05, 4.69) is 14.1 Å². The van der Waals surface area contributed by atoms with Crippen LogP contribution < -0.4 is 5.32 Å². The number of amides is 1. The van der Waals surface area contributed by atoms with Crippen LogP contribution in [0.2, 0.25) is 0 Å². The predicted octanol–water partition coefficient (Wildman–Crippen LogP) is -0.897. The molecule has 0 spiro atoms. The maximum atomic E-state index is 11.2. The zero-order chi connectivity index (χ0) is 11.3. The standard InChI is InChI=1S/C7H9N3O4S/c11-5(7(13)14)1-2-8-6(12)4-3-9-15-10-4/h3,5,11H,1-2H2,(H,8,12)(H,13,14)/t5-/m0/s1. The van der Waals surface area contributed by atoms with Gasteiger partial charge in [-0.05, 0) is 0 Å². The zero-order valence-corrected chi connectivity index (χ0v) is 8.40. The molecule has 1 atom stereocenters. The molecule has 1 aromatic rings. The number of carboxylic acid groups (broad SMARTS) is 1. The van der Waals surface area contributed by atoms with Crippen LogP contribution in [0.15, 0.2) is 6.20 Å². The van der Waals surface area contributed by atoms with Crippen LogP contribution in [0.25, 0.3) is 0 Å². The third-order valence-corrected chi connectivity index (χ3v) is 2.06. The smallest absolute Gasteiger partial charge is 0.332 e. The molecule has 0 unspecified atom stereocenters. The quantitative estimate of drug-likeness (QED) is 0.605. The molecule has 0 aliphatic rings. The lowest BCUT2D eigenvalue weighted by Crippen LogP contribution is -2.30. The van der Waals surface area contributed by atoms with Crippen LogP contribution in [0.1, 0.15) is 16.9 Å². The molecule has 0 saturated carbocycles. The predicted molar refractivity (Wildman–Crippen MR) is 50.5 cm³/mol. The summed E-state index contributed by atoms with van der Waals surface area (Å²) in [5, 5.41) is 19.7. The Balaban J connectivity index is 2.27. The van der Waals surface area contributed by atoms with Crippen molar-refractivity contribution in [1.29, 1.82) is 0 Å². The lowest BCUT2D eigenvalue weighted by atomic mass is 10.2. The van der Waals surface area contributed by atoms with Gasteiger partial charge in [-0.2, -0.15) is 8.75 Å². The Kier molecular flexibility index (Phi) is 4.13. The van der Waals surface area contributed by atoms with E-state index in [1.807, 2.05) is 0 Å². The first-order chi connectivity index (χ1) is 7.11. The van der Waals surface area contributed by atoms with Gasteiger partial charge in [-0.25, -0.2) is 4.79 Å². The van der Waals surface area contributed by atoms with E-state index in [4.69, 9.17) is 10.2 Å². The summed E-state index contributed by atoms with van der Waals surface area (Å²) < 4.78 is 7.33. The highest BCUT2D eigenvalue weighted by Gasteiger charge is 2.14. The molecule has 0 aliphatic heterocycles. The second kappa shape index (κ2) is 5.37. The molecule has 0 aliphatic carbocycles. The van der Waals surface area contributed by atoms with Crippen molar-refractivity contribution in [2.45, 2.75) is 12.5 Å². The van der Waals surface area contributed by atoms with E-state index in [-0.39, 0.29) is 18.7 Å². The number of carbonyl (C=O) groups is 2. The summed E-state index contributed by atoms with van der Waals surface area (Å²) in [6, 6.07) is 0. The number of aliphatic carboxylic acids is 1. The number of hydrogen-bond acceptors (Lipinski definition) is 6. The first-order valence-corrected chi connectivity index (χ1v) is 4.81. The number of aliphatic hydroxyl groups is 1. The molecule has 0 radical (unpaired) electrons. The van der Waals surface area contributed by atoms with Crippen LogP contribution in [-0.2, 0) is 4.79 Å². The van der Waals surface area contributed by atoms with Crippen molar-refractivity contribution < 1.29 is 19.8 Å². The van der Waals surface area contributed by atoms with E-state index in [1.165, 1.54) is 6.20 Å². The molecule has 1 rings (SSSR count). The van der Waals surface area contributed by atoms with Crippen molar-refractivity contribution in [1.82, 2.24) is 14.1 Å². The van der Waals surface area contributed by atoms with Crippen LogP contribution in [0, 0.1) is 0 Å². The van der Waals surface area contributed by atoms with Crippen molar-refractivity contribution >= 4 is 23.6 Å². The maximum absolute atomic E-state index is 11.2. The lowest BCUT2D eigenvalue weighted by molar-refractivity contribution is -0.146. The Bertz CT molecular complexity index is 340. The van der Waals surface area contributed by atoms with Gasteiger partial charge >= 0.3 is 5.97 Å². The number of nitrogens with one attached hydrogen (secondary N) is 1. The molecule has 8 heteroatoms. The SMILES string of the molecule is O=C(NCC[C@H](O)C(=O)O)c1cnsn1. The molecule has 1 amide bonds. The molecule has 7 nitrogen and oxygen atoms in total. The van der Waals surface area contributed by atoms with E-state index in [0.29, 0.717) is 0 Å². The molecule has 0 fully saturated rings. The summed E-state index contributed by atoms with van der Waals surface area (Å²) in [5.41, 5.74) is 0.185. The van der Waals surface area contributed by atoms with E-state index in [1.54, 1.807) is 0 Å². The molecule has 0 bridgehead atoms. The van der Waals surface area contributed by atoms with Gasteiger partial charge in [-0.3, -0.25) is 4.79 Å². The van der Waals surface area contributed by atoms with Gasteiger partial charge in [0.25, 0.3) is 5.91 Å². The van der Waals surface area contributed by atoms with E-state index < -0.39 is 18.0 Å². The molecule has 0 aromatic carbocycles. The summed E-state index contributed by atoms with van der Waals surface area (Å²) in [6.07, 6.45) is -0.189. The summed E-state index contributed by atoms with van der Waals surface area (Å²) in [4.78, 5) is 21.4. The molecular weight excluding hydrogens is 222 g/mol. The van der Waals surface area contributed by atoms with Crippen molar-refractivity contribution in [2.75, 3.05) is 6.54 Å². The minimum Gasteiger partial charge on any atom is -0.479 e. The molecule has 82 valence electrons. The van der Waals surface area contributed by atoms with Gasteiger partial charge < -0.3 is 15.5 Å². The van der Waals surface area contributed by atoms with Gasteiger partial charge in [-0.15, -0.1) is 0 Å². The van der Waals surface area contributed by atoms with Gasteiger partial charge in [-0.1, -0.05) is 0 Å². The fourth-order valence-corrected chi connectivity index (χ4v) is 1.21. The molecule has 3 N–H and O–H groups in total. The van der Waals surface area contributed by atoms with Crippen LogP contribution in [0.5, 0.6) is 0 Å². The van der Waals surface area contributed by atoms with Crippen molar-refractivity contribution in [3.05, 3.63) is 11.9 Å². The fourth-order valence-electron chi connectivity index (χ4n) is 0.801. The van der Waals surface area contributed by atoms with Gasteiger partial charge in [0.2, 0.25) is 0 Å². The third-order valence-electron chi connectivity index (χ3n) is 1.58. The Labute approximate surface area is 89.1 Å². The Morgan fingerprint density at radius 2 is 2.33 bits per heavy atom. The number of hydrogen-bond donors (Lipinski definition) is 3. The maximum Gasteiger partial charge on any atom is 0.332 e. The number of nitrogens with zero attached hydrogens (tertiary/aromatic N) is 2. The molecule has 1 aromatic heterocycles. The minimum atomic E-state index is -1.46. The topological polar surface area (TPSA) is 112 Å². The van der Waals surface area contributed by atoms with Gasteiger partial charge in [0, 0.05) is 13.0 Å². The Morgan fingerprint density at radius 1 is 1.60 bits per heavy atom. The number of carbonyl (C=O) groups excluding carboxylic acids is 1. The summed E-state index contributed by atoms with van der Waals surface area (Å²) in [6.45, 7) is 0.0732. The molecule has 1 heterocycles. The fraction of sp³-hybridized carbons (Fsp3) is 0.429. The number of rotatable bonds is 5. The first kappa shape index (κ1) is 11.5. The van der Waals surface area contributed by atoms with Crippen molar-refractivity contribution in [2.24, 2.45) is 0 Å². The van der Waals surface area contributed by atoms with Crippen molar-refractivity contribution in [3.8, 4) is 0 Å². The monoisotopic (exact) mass is 231 g/mol. The van der Waals surface area contributed by atoms with Crippen LogP contribution >= 0.6 is 11.7 Å². The van der Waals surface area contributed by atoms with Gasteiger partial charge in [0.05, 0.1) is 17.9 Å². The minimum absolute atomic E-state index is 0.0430. The highest BCUT2D eigenvalue weighted by Crippen LogP contribution is 1.95. The van der Waals surface area contributed by atoms with Crippen LogP contribution in [0.3, 0.4) is 0 Å². The second-order valence-corrected chi connectivity index (χ2v) is 3.25. The van der Waals surface area contributed by atoms with E-state index in [9.17, 15) is 9.59 Å².